The van der Waals surface area contributed by atoms with Gasteiger partial charge in [0.05, 0.1) is 6.04 Å². The maximum absolute atomic E-state index is 12.0. The van der Waals surface area contributed by atoms with E-state index in [-0.39, 0.29) is 22.8 Å². The van der Waals surface area contributed by atoms with Gasteiger partial charge in [-0.3, -0.25) is 15.1 Å². The minimum atomic E-state index is -0.296. The number of amides is 1. The third-order valence-corrected chi connectivity index (χ3v) is 3.85. The number of carbonyl (C=O) groups is 1. The number of carbonyl (C=O) groups excluding carboxylic acids is 1. The van der Waals surface area contributed by atoms with E-state index in [1.165, 1.54) is 10.5 Å². The highest BCUT2D eigenvalue weighted by molar-refractivity contribution is 6.44. The van der Waals surface area contributed by atoms with Gasteiger partial charge in [-0.15, -0.1) is 0 Å². The molecule has 0 aromatic heterocycles. The quantitative estimate of drug-likeness (QED) is 0.475. The second-order valence-corrected chi connectivity index (χ2v) is 5.52. The molecule has 1 heterocycles. The van der Waals surface area contributed by atoms with Crippen LogP contribution < -0.4 is 5.32 Å². The molecule has 0 radical (unpaired) electrons. The maximum atomic E-state index is 12.0. The summed E-state index contributed by atoms with van der Waals surface area (Å²) in [5, 5.41) is 11.4. The number of amidine groups is 1. The van der Waals surface area contributed by atoms with E-state index in [1.54, 1.807) is 6.08 Å². The molecule has 1 aliphatic rings. The molecule has 0 fully saturated rings. The van der Waals surface area contributed by atoms with Gasteiger partial charge in [0.25, 0.3) is 5.91 Å². The molecule has 1 aliphatic heterocycles. The van der Waals surface area contributed by atoms with Crippen LogP contribution in [0.3, 0.4) is 0 Å². The summed E-state index contributed by atoms with van der Waals surface area (Å²) in [4.78, 5) is 13.5. The van der Waals surface area contributed by atoms with Crippen LogP contribution in [0.1, 0.15) is 34.1 Å². The molecule has 1 atom stereocenters. The molecule has 2 N–H and O–H groups in total. The fourth-order valence-corrected chi connectivity index (χ4v) is 2.18. The van der Waals surface area contributed by atoms with Gasteiger partial charge in [-0.05, 0) is 39.3 Å². The van der Waals surface area contributed by atoms with E-state index >= 15 is 0 Å². The van der Waals surface area contributed by atoms with Crippen LogP contribution in [0.25, 0.3) is 0 Å². The molecule has 20 heavy (non-hydrogen) atoms. The summed E-state index contributed by atoms with van der Waals surface area (Å²) >= 11 is 5.97. The Hall–Kier alpha value is -1.55. The Morgan fingerprint density at radius 2 is 2.10 bits per heavy atom. The van der Waals surface area contributed by atoms with E-state index < -0.39 is 0 Å². The Labute approximate surface area is 125 Å². The van der Waals surface area contributed by atoms with Crippen molar-refractivity contribution in [2.75, 3.05) is 7.05 Å². The molecule has 0 aromatic rings. The summed E-state index contributed by atoms with van der Waals surface area (Å²) in [5.74, 6) is -0.139. The van der Waals surface area contributed by atoms with Gasteiger partial charge >= 0.3 is 0 Å². The van der Waals surface area contributed by atoms with Crippen molar-refractivity contribution in [1.82, 2.24) is 10.2 Å². The third-order valence-electron chi connectivity index (χ3n) is 3.39. The molecule has 0 saturated heterocycles. The van der Waals surface area contributed by atoms with Crippen LogP contribution in [-0.4, -0.2) is 29.7 Å². The third kappa shape index (κ3) is 3.51. The zero-order valence-corrected chi connectivity index (χ0v) is 13.4. The lowest BCUT2D eigenvalue weighted by Gasteiger charge is -2.22. The van der Waals surface area contributed by atoms with Gasteiger partial charge in [0.15, 0.2) is 0 Å². The number of nitrogens with one attached hydrogen (secondary N) is 2. The number of nitrogens with zero attached hydrogens (tertiary/aromatic N) is 1. The lowest BCUT2D eigenvalue weighted by Crippen LogP contribution is -2.38. The monoisotopic (exact) mass is 295 g/mol. The van der Waals surface area contributed by atoms with Gasteiger partial charge in [0.1, 0.15) is 10.9 Å². The fraction of sp³-hybridized carbons (Fsp3) is 0.467. The van der Waals surface area contributed by atoms with Crippen molar-refractivity contribution in [2.45, 2.75) is 40.2 Å². The summed E-state index contributed by atoms with van der Waals surface area (Å²) < 4.78 is 0. The second kappa shape index (κ2) is 6.75. The van der Waals surface area contributed by atoms with E-state index in [4.69, 9.17) is 17.0 Å². The molecule has 0 aliphatic carbocycles. The first-order valence-electron chi connectivity index (χ1n) is 6.59. The summed E-state index contributed by atoms with van der Waals surface area (Å²) in [6.07, 6.45) is 4.45. The van der Waals surface area contributed by atoms with Crippen molar-refractivity contribution in [3.8, 4) is 0 Å². The Kier molecular flexibility index (Phi) is 5.57. The number of hydrogen-bond donors (Lipinski definition) is 2. The van der Waals surface area contributed by atoms with E-state index in [9.17, 15) is 4.79 Å². The Morgan fingerprint density at radius 1 is 1.50 bits per heavy atom. The summed E-state index contributed by atoms with van der Waals surface area (Å²) in [6, 6.07) is -0.166. The van der Waals surface area contributed by atoms with Crippen LogP contribution in [0.4, 0.5) is 0 Å². The Morgan fingerprint density at radius 3 is 2.50 bits per heavy atom. The van der Waals surface area contributed by atoms with Crippen molar-refractivity contribution in [2.24, 2.45) is 0 Å². The second-order valence-electron chi connectivity index (χ2n) is 5.14. The highest BCUT2D eigenvalue weighted by Crippen LogP contribution is 2.28. The van der Waals surface area contributed by atoms with Crippen molar-refractivity contribution < 1.29 is 4.79 Å². The normalized spacial score (nSPS) is 19.5. The van der Waals surface area contributed by atoms with Crippen LogP contribution in [0.5, 0.6) is 0 Å². The molecule has 1 amide bonds. The van der Waals surface area contributed by atoms with E-state index in [0.717, 1.165) is 11.3 Å². The minimum absolute atomic E-state index is 0.156. The van der Waals surface area contributed by atoms with Crippen molar-refractivity contribution >= 4 is 23.3 Å². The predicted molar refractivity (Wildman–Crippen MR) is 83.8 cm³/mol. The molecule has 4 nitrogen and oxygen atoms in total. The fourth-order valence-electron chi connectivity index (χ4n) is 1.93. The molecule has 0 aromatic carbocycles. The number of rotatable bonds is 4. The van der Waals surface area contributed by atoms with Crippen LogP contribution >= 0.6 is 11.6 Å². The molecule has 1 unspecified atom stereocenters. The van der Waals surface area contributed by atoms with Crippen LogP contribution in [0, 0.1) is 5.41 Å². The highest BCUT2D eigenvalue weighted by Gasteiger charge is 2.35. The first kappa shape index (κ1) is 16.5. The number of halogens is 1. The SMILES string of the molecule is CN/C(=C\C(=N)N1C(=O)C(Cl)=C(C)C1C)CC=C(C)C. The highest BCUT2D eigenvalue weighted by atomic mass is 35.5. The largest absolute Gasteiger partial charge is 0.391 e. The van der Waals surface area contributed by atoms with Gasteiger partial charge < -0.3 is 5.32 Å². The first-order valence-corrected chi connectivity index (χ1v) is 6.97. The van der Waals surface area contributed by atoms with Crippen molar-refractivity contribution in [3.05, 3.63) is 34.0 Å². The molecular weight excluding hydrogens is 274 g/mol. The molecular formula is C15H22ClN3O. The lowest BCUT2D eigenvalue weighted by molar-refractivity contribution is -0.122. The summed E-state index contributed by atoms with van der Waals surface area (Å²) in [5.41, 5.74) is 2.91. The molecule has 1 rings (SSSR count). The van der Waals surface area contributed by atoms with Gasteiger partial charge in [0.2, 0.25) is 0 Å². The lowest BCUT2D eigenvalue weighted by atomic mass is 10.1. The Balaban J connectivity index is 2.91. The van der Waals surface area contributed by atoms with E-state index in [0.29, 0.717) is 6.42 Å². The number of allylic oxidation sites excluding steroid dienone is 2. The van der Waals surface area contributed by atoms with Gasteiger partial charge in [0, 0.05) is 19.2 Å². The zero-order chi connectivity index (χ0) is 15.4. The summed E-state index contributed by atoms with van der Waals surface area (Å²) in [7, 11) is 1.81. The molecule has 110 valence electrons. The van der Waals surface area contributed by atoms with Gasteiger partial charge in [-0.25, -0.2) is 0 Å². The Bertz CT molecular complexity index is 513. The minimum Gasteiger partial charge on any atom is -0.391 e. The average molecular weight is 296 g/mol. The van der Waals surface area contributed by atoms with Gasteiger partial charge in [-0.1, -0.05) is 23.3 Å². The van der Waals surface area contributed by atoms with E-state index in [2.05, 4.69) is 11.4 Å². The summed E-state index contributed by atoms with van der Waals surface area (Å²) in [6.45, 7) is 7.75. The van der Waals surface area contributed by atoms with Gasteiger partial charge in [-0.2, -0.15) is 0 Å². The van der Waals surface area contributed by atoms with Crippen molar-refractivity contribution in [3.63, 3.8) is 0 Å². The van der Waals surface area contributed by atoms with Crippen LogP contribution in [0.2, 0.25) is 0 Å². The van der Waals surface area contributed by atoms with E-state index in [1.807, 2.05) is 34.7 Å². The first-order chi connectivity index (χ1) is 9.29. The molecule has 5 heteroatoms. The molecule has 0 saturated carbocycles. The average Bonchev–Trinajstić information content (AvgIpc) is 2.58. The topological polar surface area (TPSA) is 56.2 Å². The zero-order valence-electron chi connectivity index (χ0n) is 12.7. The molecule has 0 spiro atoms. The van der Waals surface area contributed by atoms with Crippen molar-refractivity contribution in [1.29, 1.82) is 5.41 Å². The predicted octanol–water partition coefficient (Wildman–Crippen LogP) is 3.17. The smallest absolute Gasteiger partial charge is 0.271 e. The van der Waals surface area contributed by atoms with Crippen LogP contribution in [-0.2, 0) is 4.79 Å². The standard InChI is InChI=1S/C15H22ClN3O/c1-9(2)6-7-12(18-5)8-13(17)19-11(4)10(3)14(16)15(19)20/h6,8,11,17-18H,7H2,1-5H3/b12-8-,17-13?. The molecule has 0 bridgehead atoms. The van der Waals surface area contributed by atoms with Crippen LogP contribution in [0.15, 0.2) is 34.0 Å². The number of hydrogen-bond acceptors (Lipinski definition) is 3. The maximum Gasteiger partial charge on any atom is 0.271 e.